The zero-order valence-corrected chi connectivity index (χ0v) is 27.0. The van der Waals surface area contributed by atoms with Crippen LogP contribution in [0.3, 0.4) is 0 Å². The molecule has 0 aliphatic rings. The van der Waals surface area contributed by atoms with Crippen molar-refractivity contribution in [3.8, 4) is 17.2 Å². The fraction of sp³-hybridized carbons (Fsp3) is 0.429. The van der Waals surface area contributed by atoms with E-state index in [1.54, 1.807) is 43.6 Å². The number of pyridine rings is 1. The fourth-order valence-electron chi connectivity index (χ4n) is 4.66. The molecule has 12 nitrogen and oxygen atoms in total. The zero-order chi connectivity index (χ0) is 33.7. The number of hydrogen-bond donors (Lipinski definition) is 5. The molecule has 2 aromatic carbocycles. The molecule has 0 saturated heterocycles. The Bertz CT molecular complexity index is 1370. The number of aliphatic carboxylic acids is 1. The molecule has 1 heterocycles. The number of ether oxygens (including phenoxy) is 3. The van der Waals surface area contributed by atoms with Crippen LogP contribution in [0.1, 0.15) is 60.9 Å². The second kappa shape index (κ2) is 21.0. The Morgan fingerprint density at radius 1 is 0.851 bits per heavy atom. The molecule has 0 aliphatic carbocycles. The molecule has 0 aliphatic heterocycles. The van der Waals surface area contributed by atoms with E-state index in [1.807, 2.05) is 30.3 Å². The van der Waals surface area contributed by atoms with Gasteiger partial charge in [-0.05, 0) is 86.7 Å². The van der Waals surface area contributed by atoms with Gasteiger partial charge >= 0.3 is 5.97 Å². The summed E-state index contributed by atoms with van der Waals surface area (Å²) in [6.07, 6.45) is 6.45. The number of methoxy groups -OCH3 is 1. The highest BCUT2D eigenvalue weighted by molar-refractivity contribution is 5.94. The smallest absolute Gasteiger partial charge is 0.305 e. The zero-order valence-electron chi connectivity index (χ0n) is 27.0. The number of nitrogens with one attached hydrogen (secondary N) is 3. The highest BCUT2D eigenvalue weighted by Crippen LogP contribution is 2.17. The number of nitrogens with zero attached hydrogens (tertiary/aromatic N) is 1. The summed E-state index contributed by atoms with van der Waals surface area (Å²) < 4.78 is 16.8. The maximum absolute atomic E-state index is 12.9. The fourth-order valence-corrected chi connectivity index (χ4v) is 4.66. The molecule has 254 valence electrons. The number of carboxylic acids is 1. The van der Waals surface area contributed by atoms with Gasteiger partial charge in [0.15, 0.2) is 0 Å². The monoisotopic (exact) mass is 649 g/mol. The maximum Gasteiger partial charge on any atom is 0.305 e. The predicted octanol–water partition coefficient (Wildman–Crippen LogP) is 4.19. The Morgan fingerprint density at radius 2 is 1.53 bits per heavy atom. The molecule has 47 heavy (non-hydrogen) atoms. The first kappa shape index (κ1) is 36.6. The first-order valence-electron chi connectivity index (χ1n) is 16.0. The minimum Gasteiger partial charge on any atom is -0.497 e. The molecule has 2 amide bonds. The lowest BCUT2D eigenvalue weighted by Crippen LogP contribution is -2.38. The van der Waals surface area contributed by atoms with Crippen molar-refractivity contribution < 1.29 is 33.7 Å². The molecule has 0 unspecified atom stereocenters. The van der Waals surface area contributed by atoms with Crippen molar-refractivity contribution in [2.75, 3.05) is 45.3 Å². The Balaban J connectivity index is 1.37. The van der Waals surface area contributed by atoms with Gasteiger partial charge in [0.05, 0.1) is 26.7 Å². The minimum absolute atomic E-state index is 0.0314. The Kier molecular flexibility index (Phi) is 16.4. The van der Waals surface area contributed by atoms with E-state index in [-0.39, 0.29) is 18.2 Å². The number of carbonyl (C=O) groups is 3. The van der Waals surface area contributed by atoms with Crippen molar-refractivity contribution >= 4 is 23.6 Å². The molecule has 1 atom stereocenters. The molecule has 12 heteroatoms. The first-order chi connectivity index (χ1) is 22.9. The lowest BCUT2D eigenvalue weighted by atomic mass is 10.0. The third kappa shape index (κ3) is 14.9. The van der Waals surface area contributed by atoms with Gasteiger partial charge in [-0.2, -0.15) is 0 Å². The van der Waals surface area contributed by atoms with Crippen LogP contribution in [-0.4, -0.2) is 73.9 Å². The normalized spacial score (nSPS) is 11.3. The average molecular weight is 650 g/mol. The predicted molar refractivity (Wildman–Crippen MR) is 180 cm³/mol. The van der Waals surface area contributed by atoms with Crippen molar-refractivity contribution in [1.82, 2.24) is 15.6 Å². The first-order valence-corrected chi connectivity index (χ1v) is 16.0. The van der Waals surface area contributed by atoms with E-state index < -0.39 is 12.0 Å². The molecule has 0 spiro atoms. The van der Waals surface area contributed by atoms with Gasteiger partial charge < -0.3 is 41.0 Å². The number of unbranched alkanes of at least 4 members (excludes halogenated alkanes) is 2. The third-order valence-electron chi connectivity index (χ3n) is 7.16. The molecule has 0 fully saturated rings. The second-order valence-corrected chi connectivity index (χ2v) is 11.0. The topological polar surface area (TPSA) is 174 Å². The molecule has 6 N–H and O–H groups in total. The van der Waals surface area contributed by atoms with Crippen LogP contribution in [0.4, 0.5) is 5.82 Å². The number of carbonyl (C=O) groups excluding carboxylic acids is 2. The number of carboxylic acid groups (broad SMARTS) is 1. The van der Waals surface area contributed by atoms with Crippen LogP contribution >= 0.6 is 0 Å². The van der Waals surface area contributed by atoms with E-state index in [1.165, 1.54) is 0 Å². The third-order valence-corrected chi connectivity index (χ3v) is 7.16. The summed E-state index contributed by atoms with van der Waals surface area (Å²) in [5, 5.41) is 18.4. The Morgan fingerprint density at radius 3 is 2.19 bits per heavy atom. The lowest BCUT2D eigenvalue weighted by molar-refractivity contribution is -0.137. The maximum atomic E-state index is 12.9. The van der Waals surface area contributed by atoms with Gasteiger partial charge in [-0.15, -0.1) is 0 Å². The summed E-state index contributed by atoms with van der Waals surface area (Å²) in [7, 11) is 1.61. The van der Waals surface area contributed by atoms with Gasteiger partial charge in [0.1, 0.15) is 23.1 Å². The molecular weight excluding hydrogens is 602 g/mol. The molecule has 3 aromatic rings. The SMILES string of the molecule is COc1ccnc(NCCCOc2ccc(C[C@@H](CC(=O)O)NC(=O)c3ccc(OCCCNC(=O)CCCCCN)cc3)cc2)c1. The summed E-state index contributed by atoms with van der Waals surface area (Å²) in [6.45, 7) is 2.78. The van der Waals surface area contributed by atoms with Crippen molar-refractivity contribution in [2.45, 2.75) is 57.4 Å². The van der Waals surface area contributed by atoms with E-state index >= 15 is 0 Å². The van der Waals surface area contributed by atoms with Gasteiger partial charge in [-0.1, -0.05) is 18.6 Å². The number of benzene rings is 2. The van der Waals surface area contributed by atoms with E-state index in [0.29, 0.717) is 69.2 Å². The number of anilines is 1. The van der Waals surface area contributed by atoms with Crippen LogP contribution < -0.4 is 35.9 Å². The van der Waals surface area contributed by atoms with Crippen LogP contribution in [0.25, 0.3) is 0 Å². The van der Waals surface area contributed by atoms with Gasteiger partial charge in [-0.3, -0.25) is 14.4 Å². The molecule has 1 aromatic heterocycles. The van der Waals surface area contributed by atoms with Crippen molar-refractivity contribution in [1.29, 1.82) is 0 Å². The summed E-state index contributed by atoms with van der Waals surface area (Å²) in [5.74, 6) is 1.44. The molecular formula is C35H47N5O7. The Labute approximate surface area is 276 Å². The van der Waals surface area contributed by atoms with E-state index in [2.05, 4.69) is 20.9 Å². The largest absolute Gasteiger partial charge is 0.497 e. The van der Waals surface area contributed by atoms with E-state index in [0.717, 1.165) is 42.8 Å². The summed E-state index contributed by atoms with van der Waals surface area (Å²) >= 11 is 0. The molecule has 3 rings (SSSR count). The van der Waals surface area contributed by atoms with Crippen molar-refractivity contribution in [3.63, 3.8) is 0 Å². The number of nitrogens with two attached hydrogens (primary N) is 1. The van der Waals surface area contributed by atoms with Gasteiger partial charge in [-0.25, -0.2) is 4.98 Å². The highest BCUT2D eigenvalue weighted by atomic mass is 16.5. The van der Waals surface area contributed by atoms with Gasteiger partial charge in [0.2, 0.25) is 5.91 Å². The van der Waals surface area contributed by atoms with Crippen LogP contribution in [0.2, 0.25) is 0 Å². The van der Waals surface area contributed by atoms with Crippen LogP contribution in [0, 0.1) is 0 Å². The highest BCUT2D eigenvalue weighted by Gasteiger charge is 2.18. The summed E-state index contributed by atoms with van der Waals surface area (Å²) in [4.78, 5) is 40.5. The quantitative estimate of drug-likeness (QED) is 0.0938. The average Bonchev–Trinajstić information content (AvgIpc) is 3.07. The number of hydrogen-bond acceptors (Lipinski definition) is 9. The van der Waals surface area contributed by atoms with E-state index in [4.69, 9.17) is 19.9 Å². The standard InChI is InChI=1S/C35H47N5O7/c1-45-31-16-20-38-32(25-31)37-18-5-21-46-29-12-8-26(9-13-29)23-28(24-34(42)43)40-35(44)27-10-14-30(15-11-27)47-22-6-19-39-33(41)7-3-2-4-17-36/h8-16,20,25,28H,2-7,17-19,21-24,36H2,1H3,(H,37,38)(H,39,41)(H,40,44)(H,42,43)/t28-/m0/s1. The van der Waals surface area contributed by atoms with Crippen LogP contribution in [0.5, 0.6) is 17.2 Å². The van der Waals surface area contributed by atoms with E-state index in [9.17, 15) is 19.5 Å². The molecule has 0 saturated carbocycles. The minimum atomic E-state index is -1.00. The van der Waals surface area contributed by atoms with Crippen molar-refractivity contribution in [3.05, 3.63) is 78.0 Å². The number of aromatic nitrogens is 1. The number of rotatable bonds is 23. The summed E-state index contributed by atoms with van der Waals surface area (Å²) in [6, 6.07) is 17.1. The summed E-state index contributed by atoms with van der Waals surface area (Å²) in [5.41, 5.74) is 6.74. The molecule has 0 bridgehead atoms. The van der Waals surface area contributed by atoms with Crippen molar-refractivity contribution in [2.24, 2.45) is 5.73 Å². The van der Waals surface area contributed by atoms with Gasteiger partial charge in [0, 0.05) is 43.4 Å². The van der Waals surface area contributed by atoms with Crippen LogP contribution in [-0.2, 0) is 16.0 Å². The Hall–Kier alpha value is -4.84. The van der Waals surface area contributed by atoms with Gasteiger partial charge in [0.25, 0.3) is 5.91 Å². The number of amides is 2. The van der Waals surface area contributed by atoms with Crippen LogP contribution in [0.15, 0.2) is 66.9 Å². The second-order valence-electron chi connectivity index (χ2n) is 11.0. The molecule has 0 radical (unpaired) electrons. The lowest BCUT2D eigenvalue weighted by Gasteiger charge is -2.18.